The molecule has 1 aliphatic rings. The van der Waals surface area contributed by atoms with Gasteiger partial charge in [0.05, 0.1) is 11.6 Å². The number of anilines is 1. The fraction of sp³-hybridized carbons (Fsp3) is 0.316. The fourth-order valence-corrected chi connectivity index (χ4v) is 3.43. The molecule has 140 valence electrons. The van der Waals surface area contributed by atoms with Crippen LogP contribution >= 0.6 is 0 Å². The summed E-state index contributed by atoms with van der Waals surface area (Å²) in [7, 11) is 0. The summed E-state index contributed by atoms with van der Waals surface area (Å²) in [5, 5.41) is 7.24. The molecule has 3 heterocycles. The van der Waals surface area contributed by atoms with Crippen LogP contribution in [-0.2, 0) is 16.1 Å². The Morgan fingerprint density at radius 1 is 1.30 bits per heavy atom. The van der Waals surface area contributed by atoms with Crippen molar-refractivity contribution in [3.05, 3.63) is 54.2 Å². The smallest absolute Gasteiger partial charge is 0.227 e. The van der Waals surface area contributed by atoms with E-state index in [1.807, 2.05) is 30.0 Å². The summed E-state index contributed by atoms with van der Waals surface area (Å²) in [5.74, 6) is -1.01. The topological polar surface area (TPSA) is 71.6 Å². The van der Waals surface area contributed by atoms with Crippen molar-refractivity contribution >= 4 is 23.1 Å². The Labute approximate surface area is 155 Å². The number of halogens is 1. The van der Waals surface area contributed by atoms with Crippen molar-refractivity contribution in [3.63, 3.8) is 0 Å². The molecule has 1 aromatic carbocycles. The molecule has 27 heavy (non-hydrogen) atoms. The molecule has 1 fully saturated rings. The maximum atomic E-state index is 13.1. The van der Waals surface area contributed by atoms with Crippen molar-refractivity contribution in [2.45, 2.75) is 19.9 Å². The van der Waals surface area contributed by atoms with Crippen LogP contribution < -0.4 is 10.2 Å². The van der Waals surface area contributed by atoms with Gasteiger partial charge >= 0.3 is 0 Å². The number of nitrogens with one attached hydrogen (secondary N) is 1. The number of rotatable bonds is 5. The Morgan fingerprint density at radius 3 is 2.85 bits per heavy atom. The molecule has 0 radical (unpaired) electrons. The monoisotopic (exact) mass is 369 g/mol. The molecule has 2 aromatic heterocycles. The number of nitrogens with zero attached hydrogens (tertiary/aromatic N) is 4. The first-order chi connectivity index (χ1) is 13.0. The summed E-state index contributed by atoms with van der Waals surface area (Å²) < 4.78 is 16.9. The molecule has 0 unspecified atom stereocenters. The van der Waals surface area contributed by atoms with Crippen LogP contribution in [0.15, 0.2) is 42.7 Å². The molecule has 1 saturated heterocycles. The van der Waals surface area contributed by atoms with Crippen molar-refractivity contribution in [1.29, 1.82) is 0 Å². The summed E-state index contributed by atoms with van der Waals surface area (Å²) >= 11 is 0. The number of fused-ring (bicyclic) bond motifs is 1. The van der Waals surface area contributed by atoms with E-state index in [0.29, 0.717) is 25.3 Å². The molecular weight excluding hydrogens is 349 g/mol. The van der Waals surface area contributed by atoms with Crippen LogP contribution in [0.4, 0.5) is 10.1 Å². The van der Waals surface area contributed by atoms with Gasteiger partial charge in [-0.2, -0.15) is 5.10 Å². The van der Waals surface area contributed by atoms with Crippen LogP contribution in [0.1, 0.15) is 12.1 Å². The highest BCUT2D eigenvalue weighted by Crippen LogP contribution is 2.25. The van der Waals surface area contributed by atoms with Crippen LogP contribution in [-0.4, -0.2) is 39.1 Å². The lowest BCUT2D eigenvalue weighted by molar-refractivity contribution is -0.126. The molecule has 7 nitrogen and oxygen atoms in total. The molecule has 4 rings (SSSR count). The molecular formula is C19H20FN5O2. The van der Waals surface area contributed by atoms with Gasteiger partial charge in [-0.15, -0.1) is 0 Å². The van der Waals surface area contributed by atoms with E-state index in [0.717, 1.165) is 11.3 Å². The zero-order valence-electron chi connectivity index (χ0n) is 14.9. The number of amides is 2. The predicted octanol–water partition coefficient (Wildman–Crippen LogP) is 1.75. The highest BCUT2D eigenvalue weighted by Gasteiger charge is 2.34. The number of aryl methyl sites for hydroxylation is 1. The summed E-state index contributed by atoms with van der Waals surface area (Å²) in [6.45, 7) is 3.33. The molecule has 1 aliphatic heterocycles. The lowest BCUT2D eigenvalue weighted by atomic mass is 10.1. The normalized spacial score (nSPS) is 17.0. The van der Waals surface area contributed by atoms with Crippen LogP contribution in [0.3, 0.4) is 0 Å². The van der Waals surface area contributed by atoms with Crippen molar-refractivity contribution < 1.29 is 14.0 Å². The lowest BCUT2D eigenvalue weighted by Crippen LogP contribution is -2.34. The molecule has 1 atom stereocenters. The van der Waals surface area contributed by atoms with Crippen LogP contribution in [0, 0.1) is 18.7 Å². The first-order valence-electron chi connectivity index (χ1n) is 8.86. The zero-order valence-corrected chi connectivity index (χ0v) is 14.9. The maximum absolute atomic E-state index is 13.1. The van der Waals surface area contributed by atoms with E-state index in [2.05, 4.69) is 10.4 Å². The third-order valence-electron chi connectivity index (χ3n) is 4.81. The number of hydrogen-bond acceptors (Lipinski definition) is 3. The van der Waals surface area contributed by atoms with Gasteiger partial charge in [-0.25, -0.2) is 8.91 Å². The minimum Gasteiger partial charge on any atom is -0.354 e. The average molecular weight is 369 g/mol. The maximum Gasteiger partial charge on any atom is 0.227 e. The Morgan fingerprint density at radius 2 is 2.07 bits per heavy atom. The lowest BCUT2D eigenvalue weighted by Gasteiger charge is -2.16. The molecule has 8 heteroatoms. The molecule has 2 amide bonds. The van der Waals surface area contributed by atoms with Gasteiger partial charge in [-0.1, -0.05) is 0 Å². The van der Waals surface area contributed by atoms with E-state index >= 15 is 0 Å². The Kier molecular flexibility index (Phi) is 4.39. The van der Waals surface area contributed by atoms with E-state index < -0.39 is 5.92 Å². The number of benzene rings is 1. The highest BCUT2D eigenvalue weighted by molar-refractivity contribution is 6.00. The van der Waals surface area contributed by atoms with Gasteiger partial charge in [-0.3, -0.25) is 9.59 Å². The Bertz CT molecular complexity index is 991. The number of hydrogen-bond donors (Lipinski definition) is 1. The molecule has 0 aliphatic carbocycles. The number of imidazole rings is 1. The minimum absolute atomic E-state index is 0.122. The predicted molar refractivity (Wildman–Crippen MR) is 97.8 cm³/mol. The summed E-state index contributed by atoms with van der Waals surface area (Å²) in [6, 6.07) is 7.72. The van der Waals surface area contributed by atoms with E-state index in [1.54, 1.807) is 16.6 Å². The summed E-state index contributed by atoms with van der Waals surface area (Å²) in [4.78, 5) is 26.2. The summed E-state index contributed by atoms with van der Waals surface area (Å²) in [5.41, 5.74) is 2.52. The molecule has 0 saturated carbocycles. The molecule has 0 spiro atoms. The van der Waals surface area contributed by atoms with Gasteiger partial charge in [-0.05, 0) is 31.2 Å². The van der Waals surface area contributed by atoms with Crippen molar-refractivity contribution in [3.8, 4) is 0 Å². The van der Waals surface area contributed by atoms with Gasteiger partial charge < -0.3 is 14.8 Å². The third-order valence-corrected chi connectivity index (χ3v) is 4.81. The summed E-state index contributed by atoms with van der Waals surface area (Å²) in [6.07, 6.45) is 3.96. The van der Waals surface area contributed by atoms with Crippen LogP contribution in [0.2, 0.25) is 0 Å². The van der Waals surface area contributed by atoms with Crippen molar-refractivity contribution in [1.82, 2.24) is 19.5 Å². The first kappa shape index (κ1) is 17.3. The second kappa shape index (κ2) is 6.86. The van der Waals surface area contributed by atoms with Crippen LogP contribution in [0.5, 0.6) is 0 Å². The second-order valence-corrected chi connectivity index (χ2v) is 6.75. The highest BCUT2D eigenvalue weighted by atomic mass is 19.1. The van der Waals surface area contributed by atoms with Crippen LogP contribution in [0.25, 0.3) is 5.65 Å². The van der Waals surface area contributed by atoms with Gasteiger partial charge in [0.15, 0.2) is 0 Å². The van der Waals surface area contributed by atoms with E-state index in [1.165, 1.54) is 17.0 Å². The molecule has 0 bridgehead atoms. The van der Waals surface area contributed by atoms with E-state index in [4.69, 9.17) is 0 Å². The van der Waals surface area contributed by atoms with E-state index in [-0.39, 0.29) is 24.1 Å². The number of carbonyl (C=O) groups excluding carboxylic acids is 2. The number of aromatic nitrogens is 3. The standard InChI is InChI=1S/C19H20FN5O2/c1-13-10-17-23(8-9-25(17)22-13)7-6-21-19(27)14-11-18(26)24(12-14)16-4-2-15(20)3-5-16/h2-5,8-10,14H,6-7,11-12H2,1H3,(H,21,27)/t14-/m1/s1. The quantitative estimate of drug-likeness (QED) is 0.745. The van der Waals surface area contributed by atoms with Crippen molar-refractivity contribution in [2.24, 2.45) is 5.92 Å². The van der Waals surface area contributed by atoms with Crippen molar-refractivity contribution in [2.75, 3.05) is 18.0 Å². The largest absolute Gasteiger partial charge is 0.354 e. The molecule has 3 aromatic rings. The first-order valence-corrected chi connectivity index (χ1v) is 8.86. The van der Waals surface area contributed by atoms with Gasteiger partial charge in [0, 0.05) is 50.2 Å². The minimum atomic E-state index is -0.399. The number of carbonyl (C=O) groups is 2. The fourth-order valence-electron chi connectivity index (χ4n) is 3.43. The SMILES string of the molecule is Cc1cc2n(CCNC(=O)[C@@H]3CC(=O)N(c4ccc(F)cc4)C3)ccn2n1. The van der Waals surface area contributed by atoms with Gasteiger partial charge in [0.2, 0.25) is 11.8 Å². The second-order valence-electron chi connectivity index (χ2n) is 6.75. The van der Waals surface area contributed by atoms with Gasteiger partial charge in [0.1, 0.15) is 11.5 Å². The molecule has 1 N–H and O–H groups in total. The Balaban J connectivity index is 1.33. The third kappa shape index (κ3) is 3.42. The van der Waals surface area contributed by atoms with E-state index in [9.17, 15) is 14.0 Å². The average Bonchev–Trinajstić information content (AvgIpc) is 3.30. The van der Waals surface area contributed by atoms with Gasteiger partial charge in [0.25, 0.3) is 0 Å². The Hall–Kier alpha value is -3.16. The zero-order chi connectivity index (χ0) is 19.0.